The molecule has 0 aliphatic carbocycles. The van der Waals surface area contributed by atoms with Crippen molar-refractivity contribution >= 4 is 29.9 Å². The number of imidazole rings is 1. The largest absolute Gasteiger partial charge is 0.382 e. The molecule has 0 saturated heterocycles. The van der Waals surface area contributed by atoms with Crippen LogP contribution in [0.1, 0.15) is 24.5 Å². The van der Waals surface area contributed by atoms with Crippen LogP contribution in [0.5, 0.6) is 0 Å². The maximum absolute atomic E-state index is 5.84. The Kier molecular flexibility index (Phi) is 10.1. The van der Waals surface area contributed by atoms with Crippen LogP contribution in [0.2, 0.25) is 0 Å². The molecule has 0 saturated carbocycles. The Balaban J connectivity index is 0.00000288. The van der Waals surface area contributed by atoms with Gasteiger partial charge < -0.3 is 20.4 Å². The van der Waals surface area contributed by atoms with E-state index in [1.54, 1.807) is 6.20 Å². The van der Waals surface area contributed by atoms with Crippen LogP contribution in [-0.4, -0.2) is 35.3 Å². The number of nitrogens with two attached hydrogens (primary N) is 1. The van der Waals surface area contributed by atoms with E-state index in [1.165, 1.54) is 5.56 Å². The lowest BCUT2D eigenvalue weighted by Crippen LogP contribution is -2.32. The summed E-state index contributed by atoms with van der Waals surface area (Å²) in [6.45, 7) is 5.67. The van der Waals surface area contributed by atoms with Gasteiger partial charge in [0, 0.05) is 38.7 Å². The van der Waals surface area contributed by atoms with E-state index in [9.17, 15) is 0 Å². The molecule has 24 heavy (non-hydrogen) atoms. The van der Waals surface area contributed by atoms with Gasteiger partial charge in [0.05, 0.1) is 12.9 Å². The smallest absolute Gasteiger partial charge is 0.188 e. The quantitative estimate of drug-likeness (QED) is 0.270. The average Bonchev–Trinajstić information content (AvgIpc) is 3.07. The number of nitrogens with one attached hydrogen (secondary N) is 1. The zero-order valence-corrected chi connectivity index (χ0v) is 16.3. The molecule has 0 bridgehead atoms. The second kappa shape index (κ2) is 11.9. The molecule has 0 spiro atoms. The van der Waals surface area contributed by atoms with Crippen LogP contribution in [-0.2, 0) is 17.8 Å². The van der Waals surface area contributed by atoms with E-state index < -0.39 is 0 Å². The summed E-state index contributed by atoms with van der Waals surface area (Å²) in [6, 6.07) is 8.38. The highest BCUT2D eigenvalue weighted by molar-refractivity contribution is 14.0. The third-order valence-electron chi connectivity index (χ3n) is 3.35. The predicted molar refractivity (Wildman–Crippen MR) is 108 cm³/mol. The first-order chi connectivity index (χ1) is 11.3. The predicted octanol–water partition coefficient (Wildman–Crippen LogP) is 2.38. The second-order valence-corrected chi connectivity index (χ2v) is 5.23. The molecule has 0 amide bonds. The van der Waals surface area contributed by atoms with Gasteiger partial charge in [-0.3, -0.25) is 0 Å². The van der Waals surface area contributed by atoms with Gasteiger partial charge in [-0.1, -0.05) is 24.3 Å². The first-order valence-corrected chi connectivity index (χ1v) is 7.93. The van der Waals surface area contributed by atoms with E-state index in [2.05, 4.69) is 39.6 Å². The van der Waals surface area contributed by atoms with Crippen LogP contribution in [0.4, 0.5) is 0 Å². The van der Waals surface area contributed by atoms with Crippen molar-refractivity contribution in [2.75, 3.05) is 19.8 Å². The minimum atomic E-state index is 0. The van der Waals surface area contributed by atoms with E-state index in [1.807, 2.05) is 24.0 Å². The minimum absolute atomic E-state index is 0. The van der Waals surface area contributed by atoms with Gasteiger partial charge in [-0.05, 0) is 24.5 Å². The highest BCUT2D eigenvalue weighted by Gasteiger charge is 1.97. The molecule has 0 aliphatic heterocycles. The number of rotatable bonds is 9. The Morgan fingerprint density at radius 1 is 1.29 bits per heavy atom. The zero-order chi connectivity index (χ0) is 16.3. The number of ether oxygens (including phenoxy) is 1. The van der Waals surface area contributed by atoms with Crippen LogP contribution < -0.4 is 11.1 Å². The molecule has 0 aliphatic rings. The summed E-state index contributed by atoms with van der Waals surface area (Å²) in [5, 5.41) is 3.09. The highest BCUT2D eigenvalue weighted by atomic mass is 127. The maximum Gasteiger partial charge on any atom is 0.188 e. The molecule has 132 valence electrons. The molecule has 0 radical (unpaired) electrons. The standard InChI is InChI=1S/C17H25N5O.HI/c1-2-23-11-3-8-20-17(18)21-12-15-4-6-16(7-5-15)13-22-10-9-19-14-22;/h4-7,9-10,14H,2-3,8,11-13H2,1H3,(H3,18,20,21);1H. The molecule has 2 aromatic rings. The van der Waals surface area contributed by atoms with Crippen LogP contribution in [0.3, 0.4) is 0 Å². The number of nitrogens with zero attached hydrogens (tertiary/aromatic N) is 3. The van der Waals surface area contributed by atoms with Crippen molar-refractivity contribution in [2.45, 2.75) is 26.4 Å². The molecule has 6 nitrogen and oxygen atoms in total. The Morgan fingerprint density at radius 2 is 2.04 bits per heavy atom. The molecular weight excluding hydrogens is 417 g/mol. The third-order valence-corrected chi connectivity index (χ3v) is 3.35. The van der Waals surface area contributed by atoms with Gasteiger partial charge >= 0.3 is 0 Å². The molecule has 1 aromatic heterocycles. The van der Waals surface area contributed by atoms with E-state index in [4.69, 9.17) is 10.5 Å². The Labute approximate surface area is 160 Å². The van der Waals surface area contributed by atoms with Crippen molar-refractivity contribution in [3.8, 4) is 0 Å². The van der Waals surface area contributed by atoms with E-state index >= 15 is 0 Å². The second-order valence-electron chi connectivity index (χ2n) is 5.23. The van der Waals surface area contributed by atoms with Gasteiger partial charge in [0.2, 0.25) is 0 Å². The molecule has 0 unspecified atom stereocenters. The molecule has 1 aromatic carbocycles. The van der Waals surface area contributed by atoms with Crippen LogP contribution >= 0.6 is 24.0 Å². The lowest BCUT2D eigenvalue weighted by Gasteiger charge is -2.06. The summed E-state index contributed by atoms with van der Waals surface area (Å²) < 4.78 is 7.31. The molecule has 7 heteroatoms. The van der Waals surface area contributed by atoms with Gasteiger partial charge in [-0.2, -0.15) is 0 Å². The first-order valence-electron chi connectivity index (χ1n) is 7.93. The lowest BCUT2D eigenvalue weighted by atomic mass is 10.1. The normalized spacial score (nSPS) is 11.1. The molecule has 0 fully saturated rings. The molecular formula is C17H26IN5O. The van der Waals surface area contributed by atoms with Crippen LogP contribution in [0, 0.1) is 0 Å². The van der Waals surface area contributed by atoms with Crippen molar-refractivity contribution in [3.63, 3.8) is 0 Å². The number of guanidine groups is 1. The monoisotopic (exact) mass is 443 g/mol. The number of benzene rings is 1. The summed E-state index contributed by atoms with van der Waals surface area (Å²) in [5.41, 5.74) is 8.22. The summed E-state index contributed by atoms with van der Waals surface area (Å²) in [5.74, 6) is 0.476. The Hall–Kier alpha value is -1.61. The Morgan fingerprint density at radius 3 is 2.71 bits per heavy atom. The van der Waals surface area contributed by atoms with E-state index in [0.717, 1.165) is 38.3 Å². The number of hydrogen-bond donors (Lipinski definition) is 2. The van der Waals surface area contributed by atoms with Crippen molar-refractivity contribution in [2.24, 2.45) is 10.7 Å². The van der Waals surface area contributed by atoms with Gasteiger partial charge in [0.25, 0.3) is 0 Å². The van der Waals surface area contributed by atoms with Gasteiger partial charge in [-0.25, -0.2) is 9.98 Å². The van der Waals surface area contributed by atoms with Crippen LogP contribution in [0.25, 0.3) is 0 Å². The summed E-state index contributed by atoms with van der Waals surface area (Å²) in [4.78, 5) is 8.39. The fourth-order valence-corrected chi connectivity index (χ4v) is 2.11. The lowest BCUT2D eigenvalue weighted by molar-refractivity contribution is 0.145. The van der Waals surface area contributed by atoms with Gasteiger partial charge in [0.1, 0.15) is 0 Å². The number of aliphatic imine (C=N–C) groups is 1. The van der Waals surface area contributed by atoms with Crippen molar-refractivity contribution in [3.05, 3.63) is 54.1 Å². The van der Waals surface area contributed by atoms with Gasteiger partial charge in [0.15, 0.2) is 5.96 Å². The number of halogens is 1. The van der Waals surface area contributed by atoms with Crippen molar-refractivity contribution < 1.29 is 4.74 Å². The Bertz CT molecular complexity index is 584. The number of aromatic nitrogens is 2. The first kappa shape index (κ1) is 20.4. The van der Waals surface area contributed by atoms with Crippen molar-refractivity contribution in [1.29, 1.82) is 0 Å². The molecule has 0 atom stereocenters. The fraction of sp³-hybridized carbons (Fsp3) is 0.412. The number of hydrogen-bond acceptors (Lipinski definition) is 3. The van der Waals surface area contributed by atoms with Crippen molar-refractivity contribution in [1.82, 2.24) is 14.9 Å². The van der Waals surface area contributed by atoms with E-state index in [0.29, 0.717) is 12.5 Å². The maximum atomic E-state index is 5.84. The fourth-order valence-electron chi connectivity index (χ4n) is 2.11. The highest BCUT2D eigenvalue weighted by Crippen LogP contribution is 2.07. The zero-order valence-electron chi connectivity index (χ0n) is 14.0. The minimum Gasteiger partial charge on any atom is -0.382 e. The average molecular weight is 443 g/mol. The molecule has 2 rings (SSSR count). The van der Waals surface area contributed by atoms with Crippen LogP contribution in [0.15, 0.2) is 48.0 Å². The summed E-state index contributed by atoms with van der Waals surface area (Å²) in [7, 11) is 0. The summed E-state index contributed by atoms with van der Waals surface area (Å²) in [6.07, 6.45) is 6.48. The summed E-state index contributed by atoms with van der Waals surface area (Å²) >= 11 is 0. The van der Waals surface area contributed by atoms with E-state index in [-0.39, 0.29) is 24.0 Å². The molecule has 3 N–H and O–H groups in total. The molecule has 1 heterocycles. The SMILES string of the molecule is CCOCCCNC(N)=NCc1ccc(Cn2ccnc2)cc1.I. The topological polar surface area (TPSA) is 77.5 Å². The van der Waals surface area contributed by atoms with Gasteiger partial charge in [-0.15, -0.1) is 24.0 Å². The third kappa shape index (κ3) is 7.78.